The van der Waals surface area contributed by atoms with Gasteiger partial charge in [-0.2, -0.15) is 16.8 Å². The Balaban J connectivity index is 0.970. The highest BCUT2D eigenvalue weighted by molar-refractivity contribution is 7.90. The van der Waals surface area contributed by atoms with Crippen LogP contribution in [0.4, 0.5) is 4.79 Å². The van der Waals surface area contributed by atoms with Crippen LogP contribution >= 0.6 is 0 Å². The Morgan fingerprint density at radius 3 is 1.40 bits per heavy atom. The van der Waals surface area contributed by atoms with Gasteiger partial charge in [-0.25, -0.2) is 9.59 Å². The molecule has 33 nitrogen and oxygen atoms in total. The van der Waals surface area contributed by atoms with Gasteiger partial charge >= 0.3 is 12.1 Å². The first-order chi connectivity index (χ1) is 52.6. The Kier molecular flexibility index (Phi) is 32.3. The zero-order valence-corrected chi connectivity index (χ0v) is 64.8. The van der Waals surface area contributed by atoms with E-state index in [0.717, 1.165) is 11.1 Å². The van der Waals surface area contributed by atoms with Crippen molar-refractivity contribution in [3.8, 4) is 0 Å². The van der Waals surface area contributed by atoms with Crippen molar-refractivity contribution in [2.45, 2.75) is 183 Å². The fourth-order valence-corrected chi connectivity index (χ4v) is 13.6. The first kappa shape index (κ1) is 86.7. The summed E-state index contributed by atoms with van der Waals surface area (Å²) in [6, 6.07) is 28.0. The second-order valence-corrected chi connectivity index (χ2v) is 31.1. The third-order valence-electron chi connectivity index (χ3n) is 17.7. The Bertz CT molecular complexity index is 4360. The molecule has 0 spiro atoms. The van der Waals surface area contributed by atoms with Crippen molar-refractivity contribution >= 4 is 97.2 Å². The maximum atomic E-state index is 14.2. The molecule has 0 unspecified atom stereocenters. The first-order valence-electron chi connectivity index (χ1n) is 36.4. The van der Waals surface area contributed by atoms with Crippen LogP contribution in [0, 0.1) is 13.8 Å². The van der Waals surface area contributed by atoms with Gasteiger partial charge in [0.2, 0.25) is 65.1 Å². The molecule has 10 amide bonds. The molecule has 0 radical (unpaired) electrons. The average Bonchev–Trinajstić information content (AvgIpc) is 1.85. The van der Waals surface area contributed by atoms with Crippen LogP contribution in [0.2, 0.25) is 0 Å². The highest BCUT2D eigenvalue weighted by atomic mass is 32.2. The molecular weight excluding hydrogens is 1470 g/mol. The minimum Gasteiger partial charge on any atom is -0.459 e. The van der Waals surface area contributed by atoms with Crippen LogP contribution in [-0.4, -0.2) is 197 Å². The maximum Gasteiger partial charge on any atom is 0.410 e. The Morgan fingerprint density at radius 2 is 0.919 bits per heavy atom. The smallest absolute Gasteiger partial charge is 0.410 e. The van der Waals surface area contributed by atoms with Crippen LogP contribution < -0.4 is 64.6 Å². The Hall–Kier alpha value is -11.5. The van der Waals surface area contributed by atoms with Crippen LogP contribution in [0.1, 0.15) is 114 Å². The van der Waals surface area contributed by atoms with Gasteiger partial charge < -0.3 is 79.0 Å². The van der Waals surface area contributed by atoms with E-state index in [-0.39, 0.29) is 93.9 Å². The predicted molar refractivity (Wildman–Crippen MR) is 411 cm³/mol. The van der Waals surface area contributed by atoms with Crippen LogP contribution in [0.25, 0.3) is 0 Å². The van der Waals surface area contributed by atoms with E-state index in [1.54, 1.807) is 150 Å². The summed E-state index contributed by atoms with van der Waals surface area (Å²) < 4.78 is 70.3. The molecule has 598 valence electrons. The molecule has 8 atom stereocenters. The topological polar surface area (TPSA) is 478 Å². The minimum absolute atomic E-state index is 0.0364. The van der Waals surface area contributed by atoms with Gasteiger partial charge in [0.05, 0.1) is 22.9 Å². The summed E-state index contributed by atoms with van der Waals surface area (Å²) in [7, 11) is -8.42. The number of benzene rings is 5. The number of aryl methyl sites for hydroxylation is 2. The fourth-order valence-electron chi connectivity index (χ4n) is 11.8. The summed E-state index contributed by atoms with van der Waals surface area (Å²) in [5.74, 6) is -8.83. The van der Waals surface area contributed by atoms with Gasteiger partial charge in [0, 0.05) is 39.0 Å². The lowest BCUT2D eigenvalue weighted by atomic mass is 10.0. The molecule has 5 aromatic rings. The van der Waals surface area contributed by atoms with Crippen molar-refractivity contribution in [1.29, 1.82) is 0 Å². The Labute approximate surface area is 645 Å². The SMILES string of the molecule is Cc1ccc(S(=O)(=O)/N=C(\N)NCCC[C@H](NC(=O)CNC(=O)[C@@H]2CCCN2C(=O)CNC(=O)[C@H](Cc2ccccc2)NC(=O)[C@H](C)NC(=O)[C@H](CCCN/C(N)=N/S(=O)(=O)c2ccc(C)cc2)NC(=O)[C@@H]2CCCN2C(=O)OC(C)(C)C)C(=O)N[C@@H](C)C(=O)N[C@@H](Cc2ccccc2)C(=O)OCc2ccccc2)cc1. The van der Waals surface area contributed by atoms with E-state index >= 15 is 0 Å². The molecule has 2 aliphatic heterocycles. The number of nitrogens with one attached hydrogen (secondary N) is 10. The zero-order valence-electron chi connectivity index (χ0n) is 63.1. The van der Waals surface area contributed by atoms with Crippen LogP contribution in [-0.2, 0) is 96.9 Å². The molecule has 2 fully saturated rings. The molecule has 0 bridgehead atoms. The lowest BCUT2D eigenvalue weighted by molar-refractivity contribution is -0.149. The van der Waals surface area contributed by atoms with Crippen molar-refractivity contribution < 1.29 is 79.0 Å². The number of carbonyl (C=O) groups is 11. The molecule has 111 heavy (non-hydrogen) atoms. The summed E-state index contributed by atoms with van der Waals surface area (Å²) in [6.07, 6.45) is 0.248. The number of nitrogens with two attached hydrogens (primary N) is 2. The quantitative estimate of drug-likeness (QED) is 0.0117. The van der Waals surface area contributed by atoms with Crippen LogP contribution in [0.15, 0.2) is 158 Å². The summed E-state index contributed by atoms with van der Waals surface area (Å²) in [4.78, 5) is 155. The average molecular weight is 1570 g/mol. The zero-order chi connectivity index (χ0) is 81.0. The Morgan fingerprint density at radius 1 is 0.486 bits per heavy atom. The third-order valence-corrected chi connectivity index (χ3v) is 20.3. The van der Waals surface area contributed by atoms with E-state index in [1.807, 2.05) is 0 Å². The molecule has 35 heteroatoms. The fraction of sp³-hybridized carbons (Fsp3) is 0.434. The van der Waals surface area contributed by atoms with Gasteiger partial charge in [0.25, 0.3) is 20.0 Å². The van der Waals surface area contributed by atoms with Crippen molar-refractivity contribution in [3.63, 3.8) is 0 Å². The van der Waals surface area contributed by atoms with Gasteiger partial charge in [0.1, 0.15) is 60.5 Å². The van der Waals surface area contributed by atoms with Gasteiger partial charge in [-0.3, -0.25) is 48.1 Å². The lowest BCUT2D eigenvalue weighted by Gasteiger charge is -2.29. The van der Waals surface area contributed by atoms with Gasteiger partial charge in [-0.1, -0.05) is 126 Å². The van der Waals surface area contributed by atoms with E-state index in [1.165, 1.54) is 47.9 Å². The van der Waals surface area contributed by atoms with Crippen molar-refractivity contribution in [2.24, 2.45) is 20.3 Å². The summed E-state index contributed by atoms with van der Waals surface area (Å²) >= 11 is 0. The number of likely N-dealkylation sites (tertiary alicyclic amines) is 2. The molecule has 7 rings (SSSR count). The van der Waals surface area contributed by atoms with Gasteiger partial charge in [-0.05, 0) is 141 Å². The second-order valence-electron chi connectivity index (χ2n) is 27.9. The summed E-state index contributed by atoms with van der Waals surface area (Å²) in [6.45, 7) is 10.0. The van der Waals surface area contributed by atoms with Crippen molar-refractivity contribution in [2.75, 3.05) is 39.3 Å². The van der Waals surface area contributed by atoms with Gasteiger partial charge in [0.15, 0.2) is 0 Å². The predicted octanol–water partition coefficient (Wildman–Crippen LogP) is 1.55. The molecule has 2 heterocycles. The first-order valence-corrected chi connectivity index (χ1v) is 39.3. The summed E-state index contributed by atoms with van der Waals surface area (Å²) in [5, 5.41) is 26.2. The standard InChI is InChI=1S/C76H100N16O17S2/c1-48-31-35-55(36-32-48)110(104,105)89-73(77)79-39-17-27-57(68(98)83-51(4)66(96)88-60(44-53-23-13-9-14-24-53)72(102)108-47-54-25-15-10-16-26-54)85-63(93)45-81-70(100)61-29-19-41-91(61)64(94)46-82-67(97)59(43-52-21-11-8-12-22-52)87-65(95)50(3)84-69(99)58(86-71(101)62-30-20-42-92(62)75(103)109-76(5,6)7)28-18-40-80-74(78)90-111(106,107)56-37-33-49(2)34-38-56/h8-16,21-26,31-38,50-51,57-62H,17-20,27-30,39-47H2,1-7H3,(H,81,100)(H,82,97)(H,83,98)(H,84,99)(H,85,93)(H,86,101)(H,87,95)(H,88,96)(H3,77,79,89)(H3,78,80,90)/t50-,51-,57-,58-,59-,60-,61-,62-/m0/s1. The molecular formula is C76H100N16O17S2. The number of hydrogen-bond acceptors (Lipinski definition) is 17. The summed E-state index contributed by atoms with van der Waals surface area (Å²) in [5.41, 5.74) is 14.7. The largest absolute Gasteiger partial charge is 0.459 e. The normalized spacial score (nSPS) is 16.2. The van der Waals surface area contributed by atoms with Crippen molar-refractivity contribution in [3.05, 3.63) is 167 Å². The number of guanidine groups is 2. The van der Waals surface area contributed by atoms with Crippen LogP contribution in [0.3, 0.4) is 0 Å². The molecule has 14 N–H and O–H groups in total. The number of amides is 10. The van der Waals surface area contributed by atoms with Gasteiger partial charge in [-0.15, -0.1) is 8.80 Å². The molecule has 2 saturated heterocycles. The molecule has 5 aromatic carbocycles. The lowest BCUT2D eigenvalue weighted by Crippen LogP contribution is -2.58. The number of hydrogen-bond donors (Lipinski definition) is 12. The number of carbonyl (C=O) groups excluding carboxylic acids is 11. The number of esters is 1. The highest BCUT2D eigenvalue weighted by Crippen LogP contribution is 2.23. The van der Waals surface area contributed by atoms with E-state index in [9.17, 15) is 69.6 Å². The van der Waals surface area contributed by atoms with Crippen LogP contribution in [0.5, 0.6) is 0 Å². The minimum atomic E-state index is -4.22. The molecule has 0 saturated carbocycles. The van der Waals surface area contributed by atoms with E-state index in [4.69, 9.17) is 20.9 Å². The number of nitrogens with zero attached hydrogens (tertiary/aromatic N) is 4. The second kappa shape index (κ2) is 41.3. The number of ether oxygens (including phenoxy) is 2. The number of rotatable bonds is 36. The number of sulfonamides is 2. The monoisotopic (exact) mass is 1570 g/mol. The van der Waals surface area contributed by atoms with E-state index in [0.29, 0.717) is 29.5 Å². The van der Waals surface area contributed by atoms with Crippen molar-refractivity contribution in [1.82, 2.24) is 63.0 Å². The van der Waals surface area contributed by atoms with E-state index in [2.05, 4.69) is 62.0 Å². The molecule has 0 aromatic heterocycles. The maximum absolute atomic E-state index is 14.2. The molecule has 0 aliphatic carbocycles. The van der Waals surface area contributed by atoms with E-state index < -0.39 is 164 Å². The third kappa shape index (κ3) is 28.2. The molecule has 2 aliphatic rings. The highest BCUT2D eigenvalue weighted by Gasteiger charge is 2.40.